The molecule has 27 heavy (non-hydrogen) atoms. The van der Waals surface area contributed by atoms with Crippen LogP contribution < -0.4 is 5.73 Å². The van der Waals surface area contributed by atoms with E-state index < -0.39 is 6.04 Å². The number of halogens is 1. The van der Waals surface area contributed by atoms with Gasteiger partial charge < -0.3 is 15.1 Å². The van der Waals surface area contributed by atoms with Crippen LogP contribution in [0.3, 0.4) is 0 Å². The number of nitrogens with two attached hydrogens (primary N) is 1. The van der Waals surface area contributed by atoms with Crippen LogP contribution in [-0.4, -0.2) is 29.9 Å². The minimum atomic E-state index is -0.549. The first-order valence-electron chi connectivity index (χ1n) is 9.07. The Labute approximate surface area is 163 Å². The molecule has 3 aromatic rings. The molecule has 0 saturated heterocycles. The molecule has 0 bridgehead atoms. The van der Waals surface area contributed by atoms with Gasteiger partial charge in [-0.05, 0) is 48.2 Å². The van der Waals surface area contributed by atoms with Crippen LogP contribution in [0.5, 0.6) is 0 Å². The Morgan fingerprint density at radius 1 is 1.19 bits per heavy atom. The Kier molecular flexibility index (Phi) is 5.01. The van der Waals surface area contributed by atoms with E-state index in [9.17, 15) is 4.79 Å². The fourth-order valence-corrected chi connectivity index (χ4v) is 3.56. The second kappa shape index (κ2) is 7.59. The van der Waals surface area contributed by atoms with E-state index >= 15 is 0 Å². The molecule has 138 valence electrons. The third-order valence-electron chi connectivity index (χ3n) is 4.95. The van der Waals surface area contributed by atoms with E-state index in [1.807, 2.05) is 53.4 Å². The molecule has 0 aliphatic carbocycles. The summed E-state index contributed by atoms with van der Waals surface area (Å²) in [4.78, 5) is 14.5. The van der Waals surface area contributed by atoms with E-state index in [1.54, 1.807) is 0 Å². The van der Waals surface area contributed by atoms with Gasteiger partial charge in [0.25, 0.3) is 0 Å². The molecule has 1 aromatic heterocycles. The number of hydrogen-bond donors (Lipinski definition) is 1. The number of para-hydroxylation sites is 1. The van der Waals surface area contributed by atoms with E-state index in [2.05, 4.69) is 12.1 Å². The summed E-state index contributed by atoms with van der Waals surface area (Å²) < 4.78 is 5.93. The van der Waals surface area contributed by atoms with Gasteiger partial charge in [0.1, 0.15) is 11.3 Å². The Balaban J connectivity index is 1.41. The molecule has 4 nitrogen and oxygen atoms in total. The van der Waals surface area contributed by atoms with Crippen LogP contribution in [0.2, 0.25) is 5.02 Å². The number of nitrogens with zero attached hydrogens (tertiary/aromatic N) is 1. The number of fused-ring (bicyclic) bond motifs is 1. The molecule has 0 saturated carbocycles. The summed E-state index contributed by atoms with van der Waals surface area (Å²) >= 11 is 5.90. The Bertz CT molecular complexity index is 958. The standard InChI is InChI=1S/C22H21ClN2O2/c23-18-7-5-15(6-8-18)13-19(24)22(26)25-11-9-16(10-12-25)21-14-17-3-1-2-4-20(17)27-21/h1-9,14,19H,10-13,24H2. The van der Waals surface area contributed by atoms with Crippen molar-refractivity contribution in [2.24, 2.45) is 5.73 Å². The number of carbonyl (C=O) groups is 1. The Morgan fingerprint density at radius 3 is 2.67 bits per heavy atom. The first kappa shape index (κ1) is 17.8. The number of rotatable bonds is 4. The van der Waals surface area contributed by atoms with Crippen LogP contribution in [-0.2, 0) is 11.2 Å². The van der Waals surface area contributed by atoms with Gasteiger partial charge in [-0.1, -0.05) is 48.0 Å². The van der Waals surface area contributed by atoms with Gasteiger partial charge in [0.15, 0.2) is 0 Å². The normalized spacial score (nSPS) is 15.6. The topological polar surface area (TPSA) is 59.5 Å². The number of hydrogen-bond acceptors (Lipinski definition) is 3. The average Bonchev–Trinajstić information content (AvgIpc) is 3.13. The lowest BCUT2D eigenvalue weighted by Gasteiger charge is -2.28. The minimum absolute atomic E-state index is 0.0233. The van der Waals surface area contributed by atoms with Crippen molar-refractivity contribution in [3.05, 3.63) is 77.0 Å². The molecule has 1 amide bonds. The SMILES string of the molecule is NC(Cc1ccc(Cl)cc1)C(=O)N1CC=C(c2cc3ccccc3o2)CC1. The summed E-state index contributed by atoms with van der Waals surface area (Å²) in [5.74, 6) is 0.860. The van der Waals surface area contributed by atoms with Gasteiger partial charge in [0, 0.05) is 23.5 Å². The first-order valence-corrected chi connectivity index (χ1v) is 9.45. The zero-order valence-electron chi connectivity index (χ0n) is 14.9. The highest BCUT2D eigenvalue weighted by Gasteiger charge is 2.24. The third-order valence-corrected chi connectivity index (χ3v) is 5.20. The number of amides is 1. The highest BCUT2D eigenvalue weighted by molar-refractivity contribution is 6.30. The van der Waals surface area contributed by atoms with Crippen LogP contribution in [0.15, 0.2) is 65.1 Å². The summed E-state index contributed by atoms with van der Waals surface area (Å²) in [5.41, 5.74) is 9.19. The van der Waals surface area contributed by atoms with Crippen molar-refractivity contribution >= 4 is 34.1 Å². The van der Waals surface area contributed by atoms with Gasteiger partial charge in [0.2, 0.25) is 5.91 Å². The van der Waals surface area contributed by atoms with Crippen molar-refractivity contribution < 1.29 is 9.21 Å². The van der Waals surface area contributed by atoms with Gasteiger partial charge in [-0.2, -0.15) is 0 Å². The van der Waals surface area contributed by atoms with Crippen molar-refractivity contribution in [2.45, 2.75) is 18.9 Å². The van der Waals surface area contributed by atoms with Crippen LogP contribution in [0.1, 0.15) is 17.7 Å². The zero-order chi connectivity index (χ0) is 18.8. The highest BCUT2D eigenvalue weighted by Crippen LogP contribution is 2.28. The van der Waals surface area contributed by atoms with E-state index in [1.165, 1.54) is 0 Å². The summed E-state index contributed by atoms with van der Waals surface area (Å²) in [7, 11) is 0. The molecular formula is C22H21ClN2O2. The molecule has 0 radical (unpaired) electrons. The monoisotopic (exact) mass is 380 g/mol. The molecule has 5 heteroatoms. The predicted molar refractivity (Wildman–Crippen MR) is 109 cm³/mol. The molecule has 0 spiro atoms. The van der Waals surface area contributed by atoms with Crippen LogP contribution in [0.4, 0.5) is 0 Å². The molecule has 1 atom stereocenters. The van der Waals surface area contributed by atoms with E-state index in [0.29, 0.717) is 24.5 Å². The van der Waals surface area contributed by atoms with Gasteiger partial charge in [-0.15, -0.1) is 0 Å². The molecule has 1 unspecified atom stereocenters. The second-order valence-electron chi connectivity index (χ2n) is 6.85. The molecule has 2 heterocycles. The summed E-state index contributed by atoms with van der Waals surface area (Å²) in [6.07, 6.45) is 3.33. The predicted octanol–water partition coefficient (Wildman–Crippen LogP) is 4.27. The fourth-order valence-electron chi connectivity index (χ4n) is 3.43. The first-order chi connectivity index (χ1) is 13.1. The average molecular weight is 381 g/mol. The number of furan rings is 1. The highest BCUT2D eigenvalue weighted by atomic mass is 35.5. The van der Waals surface area contributed by atoms with Crippen molar-refractivity contribution in [2.75, 3.05) is 13.1 Å². The van der Waals surface area contributed by atoms with E-state index in [-0.39, 0.29) is 5.91 Å². The molecule has 1 aliphatic heterocycles. The zero-order valence-corrected chi connectivity index (χ0v) is 15.7. The maximum absolute atomic E-state index is 12.7. The van der Waals surface area contributed by atoms with Crippen molar-refractivity contribution in [1.29, 1.82) is 0 Å². The molecule has 1 aliphatic rings. The maximum Gasteiger partial charge on any atom is 0.240 e. The molecule has 2 aromatic carbocycles. The molecule has 0 fully saturated rings. The van der Waals surface area contributed by atoms with Gasteiger partial charge in [0.05, 0.1) is 6.04 Å². The smallest absolute Gasteiger partial charge is 0.240 e. The lowest BCUT2D eigenvalue weighted by atomic mass is 10.0. The van der Waals surface area contributed by atoms with Gasteiger partial charge in [-0.25, -0.2) is 0 Å². The Morgan fingerprint density at radius 2 is 1.96 bits per heavy atom. The molecular weight excluding hydrogens is 360 g/mol. The minimum Gasteiger partial charge on any atom is -0.456 e. The Hall–Kier alpha value is -2.56. The van der Waals surface area contributed by atoms with Crippen LogP contribution >= 0.6 is 11.6 Å². The number of benzene rings is 2. The van der Waals surface area contributed by atoms with Crippen molar-refractivity contribution in [3.8, 4) is 0 Å². The van der Waals surface area contributed by atoms with Crippen LogP contribution in [0.25, 0.3) is 16.5 Å². The molecule has 4 rings (SSSR count). The summed E-state index contributed by atoms with van der Waals surface area (Å²) in [6, 6.07) is 16.9. The largest absolute Gasteiger partial charge is 0.456 e. The van der Waals surface area contributed by atoms with Gasteiger partial charge in [-0.3, -0.25) is 4.79 Å². The van der Waals surface area contributed by atoms with Crippen molar-refractivity contribution in [3.63, 3.8) is 0 Å². The second-order valence-corrected chi connectivity index (χ2v) is 7.29. The lowest BCUT2D eigenvalue weighted by molar-refractivity contribution is -0.132. The summed E-state index contributed by atoms with van der Waals surface area (Å²) in [6.45, 7) is 1.20. The third kappa shape index (κ3) is 3.92. The van der Waals surface area contributed by atoms with Crippen molar-refractivity contribution in [1.82, 2.24) is 4.90 Å². The van der Waals surface area contributed by atoms with Crippen LogP contribution in [0, 0.1) is 0 Å². The lowest BCUT2D eigenvalue weighted by Crippen LogP contribution is -2.46. The maximum atomic E-state index is 12.7. The van der Waals surface area contributed by atoms with Gasteiger partial charge >= 0.3 is 0 Å². The van der Waals surface area contributed by atoms with E-state index in [4.69, 9.17) is 21.8 Å². The summed E-state index contributed by atoms with van der Waals surface area (Å²) in [5, 5.41) is 1.77. The van der Waals surface area contributed by atoms with E-state index in [0.717, 1.165) is 34.3 Å². The molecule has 2 N–H and O–H groups in total. The fraction of sp³-hybridized carbons (Fsp3) is 0.227. The number of carbonyl (C=O) groups excluding carboxylic acids is 1. The quantitative estimate of drug-likeness (QED) is 0.735.